The van der Waals surface area contributed by atoms with Crippen molar-refractivity contribution in [3.05, 3.63) is 70.4 Å². The molecule has 146 valence electrons. The quantitative estimate of drug-likeness (QED) is 0.337. The maximum Gasteiger partial charge on any atom is 0.324 e. The Morgan fingerprint density at radius 3 is 2.62 bits per heavy atom. The fraction of sp³-hybridized carbons (Fsp3) is 0. The first kappa shape index (κ1) is 19.1. The van der Waals surface area contributed by atoms with E-state index < -0.39 is 6.03 Å². The number of urea groups is 1. The van der Waals surface area contributed by atoms with Gasteiger partial charge in [-0.15, -0.1) is 11.3 Å². The summed E-state index contributed by atoms with van der Waals surface area (Å²) in [6.07, 6.45) is 1.46. The monoisotopic (exact) mass is 473 g/mol. The van der Waals surface area contributed by atoms with Gasteiger partial charge >= 0.3 is 6.03 Å². The predicted octanol–water partition coefficient (Wildman–Crippen LogP) is 5.87. The van der Waals surface area contributed by atoms with Crippen LogP contribution < -0.4 is 15.4 Å². The van der Waals surface area contributed by atoms with Gasteiger partial charge in [-0.1, -0.05) is 0 Å². The Morgan fingerprint density at radius 1 is 1.10 bits per heavy atom. The lowest BCUT2D eigenvalue weighted by Gasteiger charge is -2.07. The second-order valence-corrected chi connectivity index (χ2v) is 8.25. The molecule has 3 heterocycles. The van der Waals surface area contributed by atoms with Crippen molar-refractivity contribution in [2.75, 3.05) is 10.6 Å². The van der Waals surface area contributed by atoms with E-state index in [1.807, 2.05) is 12.1 Å². The number of aromatic amines is 1. The molecule has 0 aliphatic rings. The zero-order chi connectivity index (χ0) is 20.2. The standard InChI is InChI=1S/C19H13BrFN5O2S/c20-16-7-6-15(29-16)14-9-17(26-25-14)24-19(27)23-12-3-8-18(22-10-12)28-13-4-1-11(21)2-5-13/h1-10H,(H3,23,24,25,26,27). The highest BCUT2D eigenvalue weighted by Gasteiger charge is 2.09. The normalized spacial score (nSPS) is 10.6. The van der Waals surface area contributed by atoms with Crippen LogP contribution in [0.5, 0.6) is 11.6 Å². The zero-order valence-electron chi connectivity index (χ0n) is 14.6. The molecule has 29 heavy (non-hydrogen) atoms. The summed E-state index contributed by atoms with van der Waals surface area (Å²) in [7, 11) is 0. The lowest BCUT2D eigenvalue weighted by atomic mass is 10.3. The number of thiophene rings is 1. The molecule has 0 atom stereocenters. The van der Waals surface area contributed by atoms with Crippen LogP contribution in [0.2, 0.25) is 0 Å². The lowest BCUT2D eigenvalue weighted by molar-refractivity contribution is 0.262. The summed E-state index contributed by atoms with van der Waals surface area (Å²) in [5.41, 5.74) is 1.28. The van der Waals surface area contributed by atoms with Crippen LogP contribution >= 0.6 is 27.3 Å². The number of aromatic nitrogens is 3. The molecule has 0 aliphatic heterocycles. The number of nitrogens with zero attached hydrogens (tertiary/aromatic N) is 2. The molecule has 4 aromatic rings. The maximum atomic E-state index is 12.9. The van der Waals surface area contributed by atoms with Gasteiger partial charge in [-0.3, -0.25) is 10.4 Å². The van der Waals surface area contributed by atoms with E-state index in [4.69, 9.17) is 4.74 Å². The third-order valence-corrected chi connectivity index (χ3v) is 5.35. The van der Waals surface area contributed by atoms with E-state index >= 15 is 0 Å². The minimum absolute atomic E-state index is 0.321. The van der Waals surface area contributed by atoms with E-state index in [1.165, 1.54) is 30.5 Å². The van der Waals surface area contributed by atoms with Gasteiger partial charge in [0.05, 0.1) is 26.2 Å². The Balaban J connectivity index is 1.34. The molecule has 10 heteroatoms. The molecular weight excluding hydrogens is 461 g/mol. The van der Waals surface area contributed by atoms with Crippen LogP contribution in [-0.4, -0.2) is 21.2 Å². The van der Waals surface area contributed by atoms with Crippen molar-refractivity contribution in [2.24, 2.45) is 0 Å². The number of hydrogen-bond acceptors (Lipinski definition) is 5. The average Bonchev–Trinajstić information content (AvgIpc) is 3.34. The number of H-pyrrole nitrogens is 1. The summed E-state index contributed by atoms with van der Waals surface area (Å²) in [5, 5.41) is 12.3. The zero-order valence-corrected chi connectivity index (χ0v) is 17.1. The molecule has 4 rings (SSSR count). The van der Waals surface area contributed by atoms with Crippen molar-refractivity contribution >= 4 is 44.8 Å². The van der Waals surface area contributed by atoms with Crippen LogP contribution in [0.25, 0.3) is 10.6 Å². The van der Waals surface area contributed by atoms with E-state index in [2.05, 4.69) is 41.7 Å². The summed E-state index contributed by atoms with van der Waals surface area (Å²) in [4.78, 5) is 17.3. The van der Waals surface area contributed by atoms with Crippen molar-refractivity contribution in [3.8, 4) is 22.2 Å². The number of benzene rings is 1. The summed E-state index contributed by atoms with van der Waals surface area (Å²) < 4.78 is 19.4. The first-order chi connectivity index (χ1) is 14.0. The molecule has 3 aromatic heterocycles. The number of carbonyl (C=O) groups excluding carboxylic acids is 1. The van der Waals surface area contributed by atoms with Crippen LogP contribution in [0.15, 0.2) is 64.6 Å². The number of hydrogen-bond donors (Lipinski definition) is 3. The number of ether oxygens (including phenoxy) is 1. The minimum Gasteiger partial charge on any atom is -0.439 e. The number of carbonyl (C=O) groups is 1. The molecule has 0 saturated heterocycles. The average molecular weight is 474 g/mol. The number of anilines is 2. The van der Waals surface area contributed by atoms with Gasteiger partial charge in [0, 0.05) is 12.1 Å². The Bertz CT molecular complexity index is 1130. The molecule has 0 spiro atoms. The molecule has 0 saturated carbocycles. The molecular formula is C19H13BrFN5O2S. The van der Waals surface area contributed by atoms with E-state index in [9.17, 15) is 9.18 Å². The summed E-state index contributed by atoms with van der Waals surface area (Å²) in [6.45, 7) is 0. The Labute approximate surface area is 177 Å². The molecule has 1 aromatic carbocycles. The largest absolute Gasteiger partial charge is 0.439 e. The van der Waals surface area contributed by atoms with Crippen molar-refractivity contribution in [1.82, 2.24) is 15.2 Å². The molecule has 0 aliphatic carbocycles. The minimum atomic E-state index is -0.454. The summed E-state index contributed by atoms with van der Waals surface area (Å²) >= 11 is 4.97. The SMILES string of the molecule is O=C(Nc1ccc(Oc2ccc(F)cc2)nc1)Nc1cc(-c2ccc(Br)s2)[nH]n1. The molecule has 0 unspecified atom stereocenters. The smallest absolute Gasteiger partial charge is 0.324 e. The topological polar surface area (TPSA) is 91.9 Å². The Hall–Kier alpha value is -3.24. The molecule has 0 radical (unpaired) electrons. The molecule has 7 nitrogen and oxygen atoms in total. The van der Waals surface area contributed by atoms with Crippen molar-refractivity contribution in [3.63, 3.8) is 0 Å². The summed E-state index contributed by atoms with van der Waals surface area (Å²) in [5.74, 6) is 0.834. The molecule has 3 N–H and O–H groups in total. The van der Waals surface area contributed by atoms with E-state index in [-0.39, 0.29) is 5.82 Å². The van der Waals surface area contributed by atoms with Gasteiger partial charge < -0.3 is 10.1 Å². The fourth-order valence-corrected chi connectivity index (χ4v) is 3.74. The predicted molar refractivity (Wildman–Crippen MR) is 113 cm³/mol. The highest BCUT2D eigenvalue weighted by atomic mass is 79.9. The van der Waals surface area contributed by atoms with E-state index in [1.54, 1.807) is 29.5 Å². The number of halogens is 2. The maximum absolute atomic E-state index is 12.9. The molecule has 0 bridgehead atoms. The van der Waals surface area contributed by atoms with Gasteiger partial charge in [0.25, 0.3) is 0 Å². The highest BCUT2D eigenvalue weighted by Crippen LogP contribution is 2.31. The van der Waals surface area contributed by atoms with Crippen LogP contribution in [-0.2, 0) is 0 Å². The lowest BCUT2D eigenvalue weighted by Crippen LogP contribution is -2.19. The van der Waals surface area contributed by atoms with Crippen LogP contribution in [0, 0.1) is 5.82 Å². The third kappa shape index (κ3) is 4.98. The van der Waals surface area contributed by atoms with Gasteiger partial charge in [0.1, 0.15) is 11.6 Å². The van der Waals surface area contributed by atoms with Gasteiger partial charge in [-0.25, -0.2) is 14.2 Å². The van der Waals surface area contributed by atoms with Crippen molar-refractivity contribution in [1.29, 1.82) is 0 Å². The second-order valence-electron chi connectivity index (χ2n) is 5.79. The fourth-order valence-electron chi connectivity index (χ4n) is 2.39. The van der Waals surface area contributed by atoms with Crippen LogP contribution in [0.1, 0.15) is 0 Å². The van der Waals surface area contributed by atoms with Gasteiger partial charge in [-0.2, -0.15) is 5.10 Å². The third-order valence-electron chi connectivity index (χ3n) is 3.69. The number of nitrogens with one attached hydrogen (secondary N) is 3. The van der Waals surface area contributed by atoms with Gasteiger partial charge in [0.15, 0.2) is 5.82 Å². The first-order valence-corrected chi connectivity index (χ1v) is 9.95. The highest BCUT2D eigenvalue weighted by molar-refractivity contribution is 9.11. The van der Waals surface area contributed by atoms with Gasteiger partial charge in [-0.05, 0) is 58.4 Å². The molecule has 2 amide bonds. The van der Waals surface area contributed by atoms with Gasteiger partial charge in [0.2, 0.25) is 5.88 Å². The van der Waals surface area contributed by atoms with Crippen LogP contribution in [0.3, 0.4) is 0 Å². The van der Waals surface area contributed by atoms with Crippen molar-refractivity contribution < 1.29 is 13.9 Å². The summed E-state index contributed by atoms with van der Waals surface area (Å²) in [6, 6.07) is 14.0. The second kappa shape index (κ2) is 8.41. The van der Waals surface area contributed by atoms with E-state index in [0.717, 1.165) is 14.4 Å². The Kier molecular flexibility index (Phi) is 5.54. The number of amides is 2. The number of rotatable bonds is 5. The number of pyridine rings is 1. The van der Waals surface area contributed by atoms with E-state index in [0.29, 0.717) is 23.1 Å². The molecule has 0 fully saturated rings. The Morgan fingerprint density at radius 2 is 1.93 bits per heavy atom. The van der Waals surface area contributed by atoms with Crippen molar-refractivity contribution in [2.45, 2.75) is 0 Å². The first-order valence-electron chi connectivity index (χ1n) is 8.34. The van der Waals surface area contributed by atoms with Crippen LogP contribution in [0.4, 0.5) is 20.7 Å².